The first kappa shape index (κ1) is 13.7. The summed E-state index contributed by atoms with van der Waals surface area (Å²) >= 11 is 0. The summed E-state index contributed by atoms with van der Waals surface area (Å²) in [7, 11) is 0. The quantitative estimate of drug-likeness (QED) is 0.785. The van der Waals surface area contributed by atoms with Crippen LogP contribution < -0.4 is 5.32 Å². The zero-order valence-corrected chi connectivity index (χ0v) is 10.2. The van der Waals surface area contributed by atoms with Gasteiger partial charge < -0.3 is 15.5 Å². The fourth-order valence-electron chi connectivity index (χ4n) is 2.47. The third-order valence-electron chi connectivity index (χ3n) is 3.51. The molecular weight excluding hydrogens is 256 g/mol. The van der Waals surface area contributed by atoms with E-state index < -0.39 is 23.2 Å². The van der Waals surface area contributed by atoms with Gasteiger partial charge in [0.15, 0.2) is 0 Å². The zero-order chi connectivity index (χ0) is 14.0. The van der Waals surface area contributed by atoms with Gasteiger partial charge in [-0.1, -0.05) is 6.42 Å². The van der Waals surface area contributed by atoms with Crippen molar-refractivity contribution in [2.75, 3.05) is 11.9 Å². The lowest BCUT2D eigenvalue weighted by molar-refractivity contribution is 0.0696. The molecule has 0 spiro atoms. The van der Waals surface area contributed by atoms with Gasteiger partial charge in [0.1, 0.15) is 17.3 Å². The molecule has 0 saturated heterocycles. The number of rotatable bonds is 4. The summed E-state index contributed by atoms with van der Waals surface area (Å²) in [5.74, 6) is -3.27. The Labute approximate surface area is 109 Å². The van der Waals surface area contributed by atoms with Crippen LogP contribution in [-0.2, 0) is 0 Å². The Hall–Kier alpha value is -1.69. The number of anilines is 1. The van der Waals surface area contributed by atoms with Crippen molar-refractivity contribution in [3.63, 3.8) is 0 Å². The number of halogens is 2. The molecule has 1 saturated carbocycles. The van der Waals surface area contributed by atoms with Gasteiger partial charge in [0, 0.05) is 18.6 Å². The summed E-state index contributed by atoms with van der Waals surface area (Å²) in [6, 6.07) is 1.39. The first-order valence-electron chi connectivity index (χ1n) is 6.12. The highest BCUT2D eigenvalue weighted by Crippen LogP contribution is 2.30. The van der Waals surface area contributed by atoms with Gasteiger partial charge in [-0.05, 0) is 25.0 Å². The third-order valence-corrected chi connectivity index (χ3v) is 3.51. The third kappa shape index (κ3) is 2.84. The summed E-state index contributed by atoms with van der Waals surface area (Å²) in [5.41, 5.74) is -0.749. The molecule has 4 nitrogen and oxygen atoms in total. The van der Waals surface area contributed by atoms with Crippen LogP contribution >= 0.6 is 0 Å². The highest BCUT2D eigenvalue weighted by atomic mass is 19.1. The summed E-state index contributed by atoms with van der Waals surface area (Å²) in [4.78, 5) is 10.7. The van der Waals surface area contributed by atoms with Crippen LogP contribution in [0.1, 0.15) is 29.6 Å². The fourth-order valence-corrected chi connectivity index (χ4v) is 2.47. The first-order chi connectivity index (χ1) is 9.02. The van der Waals surface area contributed by atoms with E-state index in [9.17, 15) is 13.6 Å². The minimum atomic E-state index is -1.38. The number of hydrogen-bond donors (Lipinski definition) is 3. The SMILES string of the molecule is O=C(O)c1cc(F)c(NC2CCCC2CO)c(F)c1. The van der Waals surface area contributed by atoms with Crippen molar-refractivity contribution in [2.24, 2.45) is 5.92 Å². The number of nitrogens with one attached hydrogen (secondary N) is 1. The van der Waals surface area contributed by atoms with Gasteiger partial charge in [-0.25, -0.2) is 13.6 Å². The Bertz CT molecular complexity index is 470. The molecule has 1 aromatic rings. The van der Waals surface area contributed by atoms with Crippen molar-refractivity contribution >= 4 is 11.7 Å². The van der Waals surface area contributed by atoms with E-state index in [4.69, 9.17) is 10.2 Å². The molecule has 1 fully saturated rings. The summed E-state index contributed by atoms with van der Waals surface area (Å²) < 4.78 is 27.5. The van der Waals surface area contributed by atoms with E-state index in [1.54, 1.807) is 0 Å². The maximum Gasteiger partial charge on any atom is 0.335 e. The van der Waals surface area contributed by atoms with Gasteiger partial charge in [0.05, 0.1) is 5.56 Å². The second-order valence-corrected chi connectivity index (χ2v) is 4.74. The number of carboxylic acids is 1. The van der Waals surface area contributed by atoms with E-state index in [1.807, 2.05) is 0 Å². The van der Waals surface area contributed by atoms with Crippen molar-refractivity contribution in [3.05, 3.63) is 29.3 Å². The Morgan fingerprint density at radius 2 is 1.95 bits per heavy atom. The average molecular weight is 271 g/mol. The zero-order valence-electron chi connectivity index (χ0n) is 10.2. The molecule has 1 aliphatic rings. The molecule has 0 radical (unpaired) electrons. The Kier molecular flexibility index (Phi) is 3.99. The smallest absolute Gasteiger partial charge is 0.335 e. The molecule has 0 heterocycles. The molecule has 6 heteroatoms. The summed E-state index contributed by atoms with van der Waals surface area (Å²) in [6.45, 7) is -0.0336. The van der Waals surface area contributed by atoms with Gasteiger partial charge in [0.25, 0.3) is 0 Å². The second kappa shape index (κ2) is 5.52. The largest absolute Gasteiger partial charge is 0.478 e. The monoisotopic (exact) mass is 271 g/mol. The normalized spacial score (nSPS) is 22.5. The van der Waals surface area contributed by atoms with Crippen LogP contribution in [0.4, 0.5) is 14.5 Å². The van der Waals surface area contributed by atoms with Gasteiger partial charge in [-0.2, -0.15) is 0 Å². The highest BCUT2D eigenvalue weighted by molar-refractivity contribution is 5.88. The molecule has 2 rings (SSSR count). The minimum absolute atomic E-state index is 0.0297. The van der Waals surface area contributed by atoms with E-state index in [1.165, 1.54) is 0 Å². The van der Waals surface area contributed by atoms with Crippen LogP contribution in [0.25, 0.3) is 0 Å². The maximum atomic E-state index is 13.7. The topological polar surface area (TPSA) is 69.6 Å². The number of carboxylic acid groups (broad SMARTS) is 1. The van der Waals surface area contributed by atoms with Crippen molar-refractivity contribution < 1.29 is 23.8 Å². The van der Waals surface area contributed by atoms with Crippen molar-refractivity contribution in [2.45, 2.75) is 25.3 Å². The average Bonchev–Trinajstić information content (AvgIpc) is 2.80. The Morgan fingerprint density at radius 1 is 1.32 bits per heavy atom. The van der Waals surface area contributed by atoms with Crippen molar-refractivity contribution in [1.82, 2.24) is 0 Å². The molecule has 19 heavy (non-hydrogen) atoms. The minimum Gasteiger partial charge on any atom is -0.478 e. The number of benzene rings is 1. The van der Waals surface area contributed by atoms with E-state index in [-0.39, 0.29) is 24.3 Å². The van der Waals surface area contributed by atoms with Crippen molar-refractivity contribution in [1.29, 1.82) is 0 Å². The molecule has 3 N–H and O–H groups in total. The van der Waals surface area contributed by atoms with Crippen LogP contribution in [0, 0.1) is 17.6 Å². The lowest BCUT2D eigenvalue weighted by Gasteiger charge is -2.21. The van der Waals surface area contributed by atoms with E-state index in [0.717, 1.165) is 31.4 Å². The second-order valence-electron chi connectivity index (χ2n) is 4.74. The lowest BCUT2D eigenvalue weighted by Crippen LogP contribution is -2.27. The maximum absolute atomic E-state index is 13.7. The van der Waals surface area contributed by atoms with E-state index in [2.05, 4.69) is 5.32 Å². The Morgan fingerprint density at radius 3 is 2.47 bits per heavy atom. The summed E-state index contributed by atoms with van der Waals surface area (Å²) in [6.07, 6.45) is 2.43. The molecule has 2 unspecified atom stereocenters. The lowest BCUT2D eigenvalue weighted by atomic mass is 10.0. The number of aliphatic hydroxyl groups excluding tert-OH is 1. The predicted molar refractivity (Wildman–Crippen MR) is 65.2 cm³/mol. The number of aliphatic hydroxyl groups is 1. The number of hydrogen-bond acceptors (Lipinski definition) is 3. The van der Waals surface area contributed by atoms with Crippen LogP contribution in [-0.4, -0.2) is 28.8 Å². The molecule has 0 aromatic heterocycles. The van der Waals surface area contributed by atoms with Gasteiger partial charge >= 0.3 is 5.97 Å². The van der Waals surface area contributed by atoms with Crippen LogP contribution in [0.5, 0.6) is 0 Å². The molecule has 1 aliphatic carbocycles. The van der Waals surface area contributed by atoms with Gasteiger partial charge in [-0.3, -0.25) is 0 Å². The highest BCUT2D eigenvalue weighted by Gasteiger charge is 2.28. The number of carbonyl (C=O) groups is 1. The molecule has 0 bridgehead atoms. The standard InChI is InChI=1S/C13H15F2NO3/c14-9-4-8(13(18)19)5-10(15)12(9)16-11-3-1-2-7(11)6-17/h4-5,7,11,16-17H,1-3,6H2,(H,18,19). The molecule has 104 valence electrons. The Balaban J connectivity index is 2.23. The van der Waals surface area contributed by atoms with Gasteiger partial charge in [-0.15, -0.1) is 0 Å². The molecule has 0 amide bonds. The molecule has 0 aliphatic heterocycles. The van der Waals surface area contributed by atoms with Crippen LogP contribution in [0.15, 0.2) is 12.1 Å². The van der Waals surface area contributed by atoms with E-state index in [0.29, 0.717) is 0 Å². The predicted octanol–water partition coefficient (Wildman–Crippen LogP) is 2.24. The van der Waals surface area contributed by atoms with E-state index >= 15 is 0 Å². The first-order valence-corrected chi connectivity index (χ1v) is 6.12. The van der Waals surface area contributed by atoms with Crippen molar-refractivity contribution in [3.8, 4) is 0 Å². The molecule has 1 aromatic carbocycles. The van der Waals surface area contributed by atoms with Crippen LogP contribution in [0.2, 0.25) is 0 Å². The number of aromatic carboxylic acids is 1. The van der Waals surface area contributed by atoms with Gasteiger partial charge in [0.2, 0.25) is 0 Å². The fraction of sp³-hybridized carbons (Fsp3) is 0.462. The summed E-state index contributed by atoms with van der Waals surface area (Å²) in [5, 5.41) is 20.6. The molecular formula is C13H15F2NO3. The van der Waals surface area contributed by atoms with Crippen LogP contribution in [0.3, 0.4) is 0 Å². The molecule has 2 atom stereocenters.